The van der Waals surface area contributed by atoms with Gasteiger partial charge in [-0.1, -0.05) is 59.6 Å². The summed E-state index contributed by atoms with van der Waals surface area (Å²) in [6.07, 6.45) is 0. The molecule has 1 amide bonds. The van der Waals surface area contributed by atoms with Crippen molar-refractivity contribution in [1.82, 2.24) is 0 Å². The quantitative estimate of drug-likeness (QED) is 0.605. The normalized spacial score (nSPS) is 10.4. The summed E-state index contributed by atoms with van der Waals surface area (Å²) in [5, 5.41) is 5.16. The molecule has 0 heterocycles. The fraction of sp³-hybridized carbons (Fsp3) is 0.100. The number of hydrogen-bond donors (Lipinski definition) is 1. The molecule has 138 valence electrons. The number of esters is 1. The standard InChI is InChI=1S/C20H15Cl2NO4/c21-16-6-3-7-17(22)20(16)23-18(24)11-27-19(25)12-26-15-9-8-13-4-1-2-5-14(13)10-15/h1-10H,11-12H2,(H,23,24). The van der Waals surface area contributed by atoms with Crippen molar-refractivity contribution >= 4 is 51.5 Å². The molecule has 0 saturated heterocycles. The van der Waals surface area contributed by atoms with E-state index in [9.17, 15) is 9.59 Å². The number of nitrogens with one attached hydrogen (secondary N) is 1. The molecule has 0 aromatic heterocycles. The molecule has 0 fully saturated rings. The van der Waals surface area contributed by atoms with Gasteiger partial charge in [0.2, 0.25) is 0 Å². The highest BCUT2D eigenvalue weighted by atomic mass is 35.5. The Bertz CT molecular complexity index is 970. The summed E-state index contributed by atoms with van der Waals surface area (Å²) in [4.78, 5) is 23.7. The van der Waals surface area contributed by atoms with Crippen LogP contribution in [-0.4, -0.2) is 25.1 Å². The number of anilines is 1. The molecule has 0 atom stereocenters. The zero-order valence-electron chi connectivity index (χ0n) is 14.1. The summed E-state index contributed by atoms with van der Waals surface area (Å²) < 4.78 is 10.3. The van der Waals surface area contributed by atoms with E-state index in [4.69, 9.17) is 32.7 Å². The molecule has 27 heavy (non-hydrogen) atoms. The SMILES string of the molecule is O=C(COC(=O)COc1ccc2ccccc2c1)Nc1c(Cl)cccc1Cl. The van der Waals surface area contributed by atoms with E-state index >= 15 is 0 Å². The van der Waals surface area contributed by atoms with Crippen molar-refractivity contribution in [2.75, 3.05) is 18.5 Å². The molecule has 0 bridgehead atoms. The van der Waals surface area contributed by atoms with Crippen LogP contribution >= 0.6 is 23.2 Å². The highest BCUT2D eigenvalue weighted by Crippen LogP contribution is 2.29. The Morgan fingerprint density at radius 3 is 2.30 bits per heavy atom. The zero-order chi connectivity index (χ0) is 19.2. The number of fused-ring (bicyclic) bond motifs is 1. The van der Waals surface area contributed by atoms with Gasteiger partial charge < -0.3 is 14.8 Å². The van der Waals surface area contributed by atoms with E-state index in [-0.39, 0.29) is 12.3 Å². The third-order valence-electron chi connectivity index (χ3n) is 3.67. The molecule has 0 spiro atoms. The van der Waals surface area contributed by atoms with Crippen LogP contribution in [0.2, 0.25) is 10.0 Å². The molecule has 1 N–H and O–H groups in total. The second-order valence-electron chi connectivity index (χ2n) is 5.60. The molecular formula is C20H15Cl2NO4. The van der Waals surface area contributed by atoms with Gasteiger partial charge in [0, 0.05) is 0 Å². The van der Waals surface area contributed by atoms with Gasteiger partial charge in [0.25, 0.3) is 5.91 Å². The van der Waals surface area contributed by atoms with Gasteiger partial charge in [-0.25, -0.2) is 4.79 Å². The molecule has 5 nitrogen and oxygen atoms in total. The number of para-hydroxylation sites is 1. The predicted molar refractivity (Wildman–Crippen MR) is 105 cm³/mol. The Morgan fingerprint density at radius 1 is 0.852 bits per heavy atom. The number of carbonyl (C=O) groups excluding carboxylic acids is 2. The summed E-state index contributed by atoms with van der Waals surface area (Å²) in [5.41, 5.74) is 0.272. The number of amides is 1. The maximum Gasteiger partial charge on any atom is 0.344 e. The van der Waals surface area contributed by atoms with Crippen LogP contribution in [0.5, 0.6) is 5.75 Å². The van der Waals surface area contributed by atoms with Crippen molar-refractivity contribution < 1.29 is 19.1 Å². The first-order chi connectivity index (χ1) is 13.0. The maximum absolute atomic E-state index is 11.9. The molecule has 0 aliphatic carbocycles. The van der Waals surface area contributed by atoms with E-state index in [1.165, 1.54) is 0 Å². The third kappa shape index (κ3) is 5.12. The predicted octanol–water partition coefficient (Wildman–Crippen LogP) is 4.71. The van der Waals surface area contributed by atoms with Gasteiger partial charge in [0.15, 0.2) is 13.2 Å². The average molecular weight is 404 g/mol. The Labute approximate surface area is 165 Å². The number of rotatable bonds is 6. The lowest BCUT2D eigenvalue weighted by molar-refractivity contribution is -0.149. The van der Waals surface area contributed by atoms with Crippen LogP contribution in [0.3, 0.4) is 0 Å². The molecule has 7 heteroatoms. The monoisotopic (exact) mass is 403 g/mol. The number of ether oxygens (including phenoxy) is 2. The molecule has 0 saturated carbocycles. The van der Waals surface area contributed by atoms with Gasteiger partial charge in [-0.2, -0.15) is 0 Å². The van der Waals surface area contributed by atoms with Crippen LogP contribution in [0.15, 0.2) is 60.7 Å². The van der Waals surface area contributed by atoms with E-state index in [0.717, 1.165) is 10.8 Å². The smallest absolute Gasteiger partial charge is 0.344 e. The molecule has 0 unspecified atom stereocenters. The van der Waals surface area contributed by atoms with Crippen molar-refractivity contribution in [3.05, 3.63) is 70.7 Å². The Hall–Kier alpha value is -2.76. The summed E-state index contributed by atoms with van der Waals surface area (Å²) in [7, 11) is 0. The topological polar surface area (TPSA) is 64.6 Å². The number of hydrogen-bond acceptors (Lipinski definition) is 4. The first-order valence-electron chi connectivity index (χ1n) is 8.04. The van der Waals surface area contributed by atoms with Crippen LogP contribution in [0.4, 0.5) is 5.69 Å². The summed E-state index contributed by atoms with van der Waals surface area (Å²) >= 11 is 11.9. The van der Waals surface area contributed by atoms with E-state index in [0.29, 0.717) is 15.8 Å². The molecule has 3 rings (SSSR count). The minimum absolute atomic E-state index is 0.272. The molecule has 0 radical (unpaired) electrons. The van der Waals surface area contributed by atoms with Gasteiger partial charge in [0.05, 0.1) is 15.7 Å². The van der Waals surface area contributed by atoms with E-state index in [2.05, 4.69) is 5.32 Å². The number of benzene rings is 3. The maximum atomic E-state index is 11.9. The lowest BCUT2D eigenvalue weighted by atomic mass is 10.1. The van der Waals surface area contributed by atoms with E-state index in [1.54, 1.807) is 24.3 Å². The first-order valence-corrected chi connectivity index (χ1v) is 8.79. The largest absolute Gasteiger partial charge is 0.482 e. The summed E-state index contributed by atoms with van der Waals surface area (Å²) in [5.74, 6) is -0.675. The Balaban J connectivity index is 1.48. The van der Waals surface area contributed by atoms with Crippen LogP contribution in [0.1, 0.15) is 0 Å². The van der Waals surface area contributed by atoms with Crippen molar-refractivity contribution in [3.63, 3.8) is 0 Å². The molecule has 3 aromatic rings. The summed E-state index contributed by atoms with van der Waals surface area (Å²) in [6, 6.07) is 18.1. The van der Waals surface area contributed by atoms with E-state index in [1.807, 2.05) is 36.4 Å². The Morgan fingerprint density at radius 2 is 1.56 bits per heavy atom. The fourth-order valence-electron chi connectivity index (χ4n) is 2.38. The van der Waals surface area contributed by atoms with Gasteiger partial charge in [0.1, 0.15) is 5.75 Å². The minimum Gasteiger partial charge on any atom is -0.482 e. The van der Waals surface area contributed by atoms with Gasteiger partial charge in [-0.3, -0.25) is 4.79 Å². The van der Waals surface area contributed by atoms with Crippen LogP contribution in [0.25, 0.3) is 10.8 Å². The minimum atomic E-state index is -0.663. The highest BCUT2D eigenvalue weighted by molar-refractivity contribution is 6.39. The first kappa shape index (κ1) is 19.0. The third-order valence-corrected chi connectivity index (χ3v) is 4.30. The van der Waals surface area contributed by atoms with Gasteiger partial charge >= 0.3 is 5.97 Å². The summed E-state index contributed by atoms with van der Waals surface area (Å²) in [6.45, 7) is -0.778. The Kier molecular flexibility index (Phi) is 6.16. The molecule has 0 aliphatic heterocycles. The van der Waals surface area contributed by atoms with Crippen molar-refractivity contribution in [2.45, 2.75) is 0 Å². The number of halogens is 2. The van der Waals surface area contributed by atoms with Gasteiger partial charge in [-0.05, 0) is 35.0 Å². The van der Waals surface area contributed by atoms with Crippen LogP contribution in [-0.2, 0) is 14.3 Å². The van der Waals surface area contributed by atoms with Gasteiger partial charge in [-0.15, -0.1) is 0 Å². The van der Waals surface area contributed by atoms with Crippen molar-refractivity contribution in [3.8, 4) is 5.75 Å². The van der Waals surface area contributed by atoms with Crippen LogP contribution in [0, 0.1) is 0 Å². The zero-order valence-corrected chi connectivity index (χ0v) is 15.6. The average Bonchev–Trinajstić information content (AvgIpc) is 2.67. The van der Waals surface area contributed by atoms with Crippen LogP contribution < -0.4 is 10.1 Å². The fourth-order valence-corrected chi connectivity index (χ4v) is 2.87. The van der Waals surface area contributed by atoms with E-state index < -0.39 is 18.5 Å². The molecule has 3 aromatic carbocycles. The van der Waals surface area contributed by atoms with Crippen molar-refractivity contribution in [2.24, 2.45) is 0 Å². The molecular weight excluding hydrogens is 389 g/mol. The lowest BCUT2D eigenvalue weighted by Gasteiger charge is -2.10. The number of carbonyl (C=O) groups is 2. The van der Waals surface area contributed by atoms with Crippen molar-refractivity contribution in [1.29, 1.82) is 0 Å². The molecule has 0 aliphatic rings. The highest BCUT2D eigenvalue weighted by Gasteiger charge is 2.12. The lowest BCUT2D eigenvalue weighted by Crippen LogP contribution is -2.23. The second kappa shape index (κ2) is 8.75. The second-order valence-corrected chi connectivity index (χ2v) is 6.42.